The second-order valence-electron chi connectivity index (χ2n) is 3.67. The molecule has 1 heterocycles. The number of hydrogen-bond acceptors (Lipinski definition) is 3. The Morgan fingerprint density at radius 1 is 1.39 bits per heavy atom. The van der Waals surface area contributed by atoms with Crippen molar-refractivity contribution in [3.63, 3.8) is 0 Å². The van der Waals surface area contributed by atoms with E-state index in [1.54, 1.807) is 31.3 Å². The summed E-state index contributed by atoms with van der Waals surface area (Å²) >= 11 is 10.6. The molecule has 0 atom stereocenters. The van der Waals surface area contributed by atoms with Gasteiger partial charge in [-0.05, 0) is 46.3 Å². The number of halogens is 2. The Bertz CT molecular complexity index is 600. The first-order valence-corrected chi connectivity index (χ1v) is 7.06. The van der Waals surface area contributed by atoms with Crippen molar-refractivity contribution in [1.29, 1.82) is 0 Å². The third-order valence-electron chi connectivity index (χ3n) is 2.44. The molecule has 2 aromatic rings. The van der Waals surface area contributed by atoms with Gasteiger partial charge in [-0.3, -0.25) is 4.79 Å². The molecule has 94 valence electrons. The van der Waals surface area contributed by atoms with E-state index in [4.69, 9.17) is 17.3 Å². The predicted molar refractivity (Wildman–Crippen MR) is 80.6 cm³/mol. The van der Waals surface area contributed by atoms with Crippen LogP contribution in [0, 0.1) is 0 Å². The number of anilines is 2. The van der Waals surface area contributed by atoms with Gasteiger partial charge in [0.15, 0.2) is 0 Å². The molecule has 0 bridgehead atoms. The van der Waals surface area contributed by atoms with E-state index in [-0.39, 0.29) is 5.91 Å². The zero-order valence-corrected chi connectivity index (χ0v) is 12.6. The minimum atomic E-state index is -0.111. The average Bonchev–Trinajstić information content (AvgIpc) is 2.77. The van der Waals surface area contributed by atoms with Gasteiger partial charge in [0.1, 0.15) is 0 Å². The summed E-state index contributed by atoms with van der Waals surface area (Å²) in [6, 6.07) is 8.67. The van der Waals surface area contributed by atoms with Gasteiger partial charge in [-0.15, -0.1) is 11.3 Å². The number of amides is 1. The van der Waals surface area contributed by atoms with Crippen LogP contribution in [-0.4, -0.2) is 13.0 Å². The van der Waals surface area contributed by atoms with Gasteiger partial charge in [-0.1, -0.05) is 11.6 Å². The van der Waals surface area contributed by atoms with Gasteiger partial charge in [-0.25, -0.2) is 0 Å². The summed E-state index contributed by atoms with van der Waals surface area (Å²) in [7, 11) is 1.68. The molecular weight excluding hydrogens is 336 g/mol. The molecule has 0 fully saturated rings. The zero-order valence-electron chi connectivity index (χ0n) is 9.48. The van der Waals surface area contributed by atoms with E-state index in [9.17, 15) is 4.79 Å². The van der Waals surface area contributed by atoms with Crippen molar-refractivity contribution in [2.75, 3.05) is 17.7 Å². The number of nitrogens with zero attached hydrogens (tertiary/aromatic N) is 1. The van der Waals surface area contributed by atoms with Crippen LogP contribution in [0.2, 0.25) is 5.02 Å². The van der Waals surface area contributed by atoms with E-state index in [1.165, 1.54) is 16.2 Å². The Morgan fingerprint density at radius 3 is 2.72 bits per heavy atom. The number of carbonyl (C=O) groups excluding carboxylic acids is 1. The Balaban J connectivity index is 2.33. The van der Waals surface area contributed by atoms with Crippen LogP contribution in [-0.2, 0) is 0 Å². The van der Waals surface area contributed by atoms with Gasteiger partial charge in [0, 0.05) is 12.1 Å². The van der Waals surface area contributed by atoms with Crippen LogP contribution in [0.4, 0.5) is 11.4 Å². The fourth-order valence-electron chi connectivity index (χ4n) is 1.51. The topological polar surface area (TPSA) is 46.3 Å². The Labute approximate surface area is 122 Å². The highest BCUT2D eigenvalue weighted by Gasteiger charge is 2.17. The van der Waals surface area contributed by atoms with E-state index >= 15 is 0 Å². The fourth-order valence-corrected chi connectivity index (χ4v) is 3.04. The van der Waals surface area contributed by atoms with Crippen LogP contribution in [0.1, 0.15) is 9.67 Å². The number of nitrogen functional groups attached to an aromatic ring is 1. The second-order valence-corrected chi connectivity index (χ2v) is 6.57. The summed E-state index contributed by atoms with van der Waals surface area (Å²) < 4.78 is 0.915. The lowest BCUT2D eigenvalue weighted by molar-refractivity contribution is 0.0997. The summed E-state index contributed by atoms with van der Waals surface area (Å²) in [4.78, 5) is 14.4. The third kappa shape index (κ3) is 2.68. The highest BCUT2D eigenvalue weighted by molar-refractivity contribution is 9.11. The Morgan fingerprint density at radius 2 is 2.11 bits per heavy atom. The van der Waals surface area contributed by atoms with Gasteiger partial charge >= 0.3 is 0 Å². The van der Waals surface area contributed by atoms with Crippen LogP contribution in [0.25, 0.3) is 0 Å². The van der Waals surface area contributed by atoms with E-state index in [2.05, 4.69) is 15.9 Å². The second kappa shape index (κ2) is 5.30. The lowest BCUT2D eigenvalue weighted by Crippen LogP contribution is -2.26. The molecule has 0 spiro atoms. The maximum absolute atomic E-state index is 12.2. The van der Waals surface area contributed by atoms with Crippen molar-refractivity contribution in [3.8, 4) is 0 Å². The normalized spacial score (nSPS) is 10.4. The Hall–Kier alpha value is -1.04. The minimum absolute atomic E-state index is 0.111. The molecule has 0 aliphatic carbocycles. The predicted octanol–water partition coefficient (Wildman–Crippen LogP) is 4.02. The third-order valence-corrected chi connectivity index (χ3v) is 4.29. The van der Waals surface area contributed by atoms with Gasteiger partial charge < -0.3 is 10.6 Å². The lowest BCUT2D eigenvalue weighted by atomic mass is 10.2. The summed E-state index contributed by atoms with van der Waals surface area (Å²) in [5, 5.41) is 0.547. The van der Waals surface area contributed by atoms with Crippen LogP contribution < -0.4 is 10.6 Å². The van der Waals surface area contributed by atoms with E-state index in [1.807, 2.05) is 6.07 Å². The van der Waals surface area contributed by atoms with Crippen LogP contribution in [0.5, 0.6) is 0 Å². The summed E-state index contributed by atoms with van der Waals surface area (Å²) in [6.45, 7) is 0. The quantitative estimate of drug-likeness (QED) is 0.836. The fraction of sp³-hybridized carbons (Fsp3) is 0.0833. The molecule has 6 heteroatoms. The Kier molecular flexibility index (Phi) is 3.94. The standard InChI is InChI=1S/C12H10BrClN2OS/c1-16(9-6-7(14)2-3-8(9)15)12(17)10-4-5-11(13)18-10/h2-6H,15H2,1H3. The number of benzene rings is 1. The van der Waals surface area contributed by atoms with E-state index in [0.29, 0.717) is 21.3 Å². The van der Waals surface area contributed by atoms with Crippen molar-refractivity contribution in [2.24, 2.45) is 0 Å². The molecule has 1 aromatic carbocycles. The number of hydrogen-bond donors (Lipinski definition) is 1. The maximum Gasteiger partial charge on any atom is 0.268 e. The van der Waals surface area contributed by atoms with Crippen LogP contribution in [0.3, 0.4) is 0 Å². The zero-order chi connectivity index (χ0) is 13.3. The SMILES string of the molecule is CN(C(=O)c1ccc(Br)s1)c1cc(Cl)ccc1N. The van der Waals surface area contributed by atoms with Gasteiger partial charge in [0.05, 0.1) is 20.0 Å². The van der Waals surface area contributed by atoms with Crippen LogP contribution >= 0.6 is 38.9 Å². The first-order chi connectivity index (χ1) is 8.49. The van der Waals surface area contributed by atoms with Crippen molar-refractivity contribution < 1.29 is 4.79 Å². The van der Waals surface area contributed by atoms with Crippen molar-refractivity contribution in [3.05, 3.63) is 44.0 Å². The number of nitrogens with two attached hydrogens (primary N) is 1. The molecule has 2 N–H and O–H groups in total. The van der Waals surface area contributed by atoms with Gasteiger partial charge in [0.25, 0.3) is 5.91 Å². The summed E-state index contributed by atoms with van der Waals surface area (Å²) in [5.74, 6) is -0.111. The highest BCUT2D eigenvalue weighted by atomic mass is 79.9. The van der Waals surface area contributed by atoms with E-state index < -0.39 is 0 Å². The van der Waals surface area contributed by atoms with Crippen molar-refractivity contribution >= 4 is 56.1 Å². The molecule has 3 nitrogen and oxygen atoms in total. The molecule has 1 amide bonds. The molecular formula is C12H10BrClN2OS. The van der Waals surface area contributed by atoms with Crippen molar-refractivity contribution in [2.45, 2.75) is 0 Å². The molecule has 0 aliphatic rings. The molecule has 1 aromatic heterocycles. The molecule has 0 aliphatic heterocycles. The largest absolute Gasteiger partial charge is 0.397 e. The lowest BCUT2D eigenvalue weighted by Gasteiger charge is -2.18. The monoisotopic (exact) mass is 344 g/mol. The average molecular weight is 346 g/mol. The molecule has 0 saturated carbocycles. The molecule has 0 saturated heterocycles. The number of carbonyl (C=O) groups is 1. The number of rotatable bonds is 2. The highest BCUT2D eigenvalue weighted by Crippen LogP contribution is 2.29. The molecule has 18 heavy (non-hydrogen) atoms. The summed E-state index contributed by atoms with van der Waals surface area (Å²) in [5.41, 5.74) is 6.98. The first-order valence-electron chi connectivity index (χ1n) is 5.07. The van der Waals surface area contributed by atoms with Gasteiger partial charge in [0.2, 0.25) is 0 Å². The van der Waals surface area contributed by atoms with E-state index in [0.717, 1.165) is 3.79 Å². The molecule has 0 radical (unpaired) electrons. The summed E-state index contributed by atoms with van der Waals surface area (Å²) in [6.07, 6.45) is 0. The van der Waals surface area contributed by atoms with Crippen LogP contribution in [0.15, 0.2) is 34.1 Å². The minimum Gasteiger partial charge on any atom is -0.397 e. The van der Waals surface area contributed by atoms with Crippen molar-refractivity contribution in [1.82, 2.24) is 0 Å². The number of thiophene rings is 1. The van der Waals surface area contributed by atoms with Gasteiger partial charge in [-0.2, -0.15) is 0 Å². The molecule has 2 rings (SSSR count). The molecule has 0 unspecified atom stereocenters. The smallest absolute Gasteiger partial charge is 0.268 e. The first kappa shape index (κ1) is 13.4. The maximum atomic E-state index is 12.2.